The summed E-state index contributed by atoms with van der Waals surface area (Å²) in [6.07, 6.45) is 0.812. The molecular formula is C16H36O7Si4. The van der Waals surface area contributed by atoms with Crippen LogP contribution in [0.4, 0.5) is 0 Å². The highest BCUT2D eigenvalue weighted by atomic mass is 28.5. The second-order valence-corrected chi connectivity index (χ2v) is 22.8. The zero-order valence-electron chi connectivity index (χ0n) is 18.1. The van der Waals surface area contributed by atoms with Crippen molar-refractivity contribution >= 4 is 40.2 Å². The Kier molecular flexibility index (Phi) is 8.84. The van der Waals surface area contributed by atoms with Crippen LogP contribution < -0.4 is 0 Å². The second-order valence-electron chi connectivity index (χ2n) is 8.37. The monoisotopic (exact) mass is 452 g/mol. The Balaban J connectivity index is 2.49. The molecule has 1 saturated heterocycles. The van der Waals surface area contributed by atoms with E-state index in [0.717, 1.165) is 12.5 Å². The fourth-order valence-corrected chi connectivity index (χ4v) is 24.9. The van der Waals surface area contributed by atoms with Crippen molar-refractivity contribution in [1.82, 2.24) is 0 Å². The maximum Gasteiger partial charge on any atom is 0.333 e. The lowest BCUT2D eigenvalue weighted by Crippen LogP contribution is -2.65. The summed E-state index contributed by atoms with van der Waals surface area (Å²) in [6, 6.07) is 0.806. The van der Waals surface area contributed by atoms with E-state index in [1.165, 1.54) is 0 Å². The average Bonchev–Trinajstić information content (AvgIpc) is 2.40. The fraction of sp³-hybridized carbons (Fsp3) is 0.812. The van der Waals surface area contributed by atoms with Crippen LogP contribution in [-0.4, -0.2) is 60.0 Å². The van der Waals surface area contributed by atoms with Crippen molar-refractivity contribution in [3.63, 3.8) is 0 Å². The fourth-order valence-electron chi connectivity index (χ4n) is 3.32. The van der Waals surface area contributed by atoms with Crippen LogP contribution >= 0.6 is 0 Å². The first-order chi connectivity index (χ1) is 12.2. The second kappa shape index (κ2) is 9.58. The van der Waals surface area contributed by atoms with E-state index in [1.54, 1.807) is 6.92 Å². The lowest BCUT2D eigenvalue weighted by Gasteiger charge is -2.47. The summed E-state index contributed by atoms with van der Waals surface area (Å²) in [7, 11) is -9.33. The SMILES string of the molecule is C=C(C)C(=O)OCCOCCC[Si]1(C)O[Si](C)(C)O[Si](C)(C)O[Si](C)(C)O1. The summed E-state index contributed by atoms with van der Waals surface area (Å²) >= 11 is 0. The summed E-state index contributed by atoms with van der Waals surface area (Å²) in [5, 5.41) is 0. The number of ether oxygens (including phenoxy) is 2. The van der Waals surface area contributed by atoms with E-state index in [0.29, 0.717) is 18.8 Å². The molecule has 0 unspecified atom stereocenters. The van der Waals surface area contributed by atoms with Gasteiger partial charge in [0.05, 0.1) is 6.61 Å². The van der Waals surface area contributed by atoms with E-state index in [4.69, 9.17) is 25.9 Å². The first-order valence-electron chi connectivity index (χ1n) is 9.36. The number of carbonyl (C=O) groups is 1. The molecule has 158 valence electrons. The quantitative estimate of drug-likeness (QED) is 0.240. The third-order valence-corrected chi connectivity index (χ3v) is 20.1. The Hall–Kier alpha value is -0.122. The van der Waals surface area contributed by atoms with Crippen LogP contribution in [0.25, 0.3) is 0 Å². The molecule has 1 heterocycles. The van der Waals surface area contributed by atoms with Crippen molar-refractivity contribution in [3.05, 3.63) is 12.2 Å². The molecule has 1 aliphatic heterocycles. The van der Waals surface area contributed by atoms with E-state index < -0.39 is 34.2 Å². The van der Waals surface area contributed by atoms with Gasteiger partial charge >= 0.3 is 40.2 Å². The van der Waals surface area contributed by atoms with E-state index in [2.05, 4.69) is 52.4 Å². The van der Waals surface area contributed by atoms with Gasteiger partial charge < -0.3 is 25.9 Å². The van der Waals surface area contributed by atoms with Gasteiger partial charge in [0, 0.05) is 12.2 Å². The molecule has 0 aromatic rings. The molecular weight excluding hydrogens is 417 g/mol. The Morgan fingerprint density at radius 2 is 1.30 bits per heavy atom. The van der Waals surface area contributed by atoms with Gasteiger partial charge in [-0.05, 0) is 65.2 Å². The molecule has 0 saturated carbocycles. The standard InChI is InChI=1S/C16H36O7Si4/c1-15(2)16(17)19-13-12-18-11-10-14-27(9)22-25(5,6)20-24(3,4)21-26(7,8)23-27/h1,10-14H2,2-9H3. The van der Waals surface area contributed by atoms with Crippen LogP contribution in [0.2, 0.25) is 51.9 Å². The number of carbonyl (C=O) groups excluding carboxylic acids is 1. The number of rotatable bonds is 8. The van der Waals surface area contributed by atoms with Crippen LogP contribution in [-0.2, 0) is 30.7 Å². The van der Waals surface area contributed by atoms with E-state index in [1.807, 2.05) is 0 Å². The Morgan fingerprint density at radius 1 is 0.815 bits per heavy atom. The van der Waals surface area contributed by atoms with Crippen molar-refractivity contribution in [3.8, 4) is 0 Å². The molecule has 1 fully saturated rings. The van der Waals surface area contributed by atoms with Gasteiger partial charge in [-0.1, -0.05) is 6.58 Å². The summed E-state index contributed by atoms with van der Waals surface area (Å²) in [5.74, 6) is -0.388. The largest absolute Gasteiger partial charge is 0.460 e. The van der Waals surface area contributed by atoms with Crippen molar-refractivity contribution in [2.24, 2.45) is 0 Å². The minimum absolute atomic E-state index is 0.231. The maximum absolute atomic E-state index is 11.3. The lowest BCUT2D eigenvalue weighted by molar-refractivity contribution is -0.140. The normalized spacial score (nSPS) is 23.1. The summed E-state index contributed by atoms with van der Waals surface area (Å²) in [5.41, 5.74) is 0.391. The number of hydrogen-bond donors (Lipinski definition) is 0. The average molecular weight is 453 g/mol. The molecule has 0 aromatic carbocycles. The topological polar surface area (TPSA) is 72.5 Å². The maximum atomic E-state index is 11.3. The predicted octanol–water partition coefficient (Wildman–Crippen LogP) is 3.77. The van der Waals surface area contributed by atoms with Crippen molar-refractivity contribution in [1.29, 1.82) is 0 Å². The molecule has 1 rings (SSSR count). The van der Waals surface area contributed by atoms with Crippen LogP contribution in [0, 0.1) is 0 Å². The van der Waals surface area contributed by atoms with Crippen LogP contribution in [0.3, 0.4) is 0 Å². The molecule has 0 spiro atoms. The molecule has 0 aliphatic carbocycles. The highest BCUT2D eigenvalue weighted by Crippen LogP contribution is 2.32. The predicted molar refractivity (Wildman–Crippen MR) is 114 cm³/mol. The van der Waals surface area contributed by atoms with Gasteiger partial charge in [0.1, 0.15) is 6.61 Å². The van der Waals surface area contributed by atoms with Crippen LogP contribution in [0.1, 0.15) is 13.3 Å². The minimum atomic E-state index is -2.44. The number of hydrogen-bond acceptors (Lipinski definition) is 7. The van der Waals surface area contributed by atoms with Gasteiger partial charge in [-0.2, -0.15) is 0 Å². The first kappa shape index (κ1) is 24.9. The lowest BCUT2D eigenvalue weighted by atomic mass is 10.4. The Bertz CT molecular complexity index is 515. The molecule has 0 bridgehead atoms. The van der Waals surface area contributed by atoms with Gasteiger partial charge in [0.15, 0.2) is 0 Å². The molecule has 0 aromatic heterocycles. The molecule has 0 amide bonds. The van der Waals surface area contributed by atoms with Gasteiger partial charge in [-0.25, -0.2) is 4.79 Å². The first-order valence-corrected chi connectivity index (χ1v) is 20.3. The molecule has 0 N–H and O–H groups in total. The van der Waals surface area contributed by atoms with Gasteiger partial charge in [0.2, 0.25) is 0 Å². The van der Waals surface area contributed by atoms with Crippen molar-refractivity contribution in [2.75, 3.05) is 19.8 Å². The zero-order chi connectivity index (χ0) is 20.9. The van der Waals surface area contributed by atoms with Gasteiger partial charge in [0.25, 0.3) is 0 Å². The van der Waals surface area contributed by atoms with Crippen LogP contribution in [0.5, 0.6) is 0 Å². The van der Waals surface area contributed by atoms with Gasteiger partial charge in [-0.3, -0.25) is 0 Å². The van der Waals surface area contributed by atoms with E-state index >= 15 is 0 Å². The third kappa shape index (κ3) is 9.76. The van der Waals surface area contributed by atoms with Crippen molar-refractivity contribution < 1.29 is 30.7 Å². The molecule has 7 nitrogen and oxygen atoms in total. The Labute approximate surface area is 168 Å². The molecule has 27 heavy (non-hydrogen) atoms. The highest BCUT2D eigenvalue weighted by Gasteiger charge is 2.52. The highest BCUT2D eigenvalue weighted by molar-refractivity contribution is 6.93. The smallest absolute Gasteiger partial charge is 0.333 e. The summed E-state index contributed by atoms with van der Waals surface area (Å²) < 4.78 is 36.3. The summed E-state index contributed by atoms with van der Waals surface area (Å²) in [4.78, 5) is 11.3. The molecule has 0 radical (unpaired) electrons. The molecule has 0 atom stereocenters. The number of esters is 1. The Morgan fingerprint density at radius 3 is 1.78 bits per heavy atom. The third-order valence-electron chi connectivity index (χ3n) is 3.64. The molecule has 1 aliphatic rings. The van der Waals surface area contributed by atoms with Crippen molar-refractivity contribution in [2.45, 2.75) is 65.2 Å². The van der Waals surface area contributed by atoms with E-state index in [-0.39, 0.29) is 12.6 Å². The van der Waals surface area contributed by atoms with Gasteiger partial charge in [-0.15, -0.1) is 0 Å². The van der Waals surface area contributed by atoms with Crippen LogP contribution in [0.15, 0.2) is 12.2 Å². The minimum Gasteiger partial charge on any atom is -0.460 e. The zero-order valence-corrected chi connectivity index (χ0v) is 22.1. The van der Waals surface area contributed by atoms with E-state index in [9.17, 15) is 4.79 Å². The summed E-state index contributed by atoms with van der Waals surface area (Å²) in [6.45, 7) is 20.8. The molecule has 11 heteroatoms.